The van der Waals surface area contributed by atoms with Crippen LogP contribution in [0.1, 0.15) is 28.4 Å². The van der Waals surface area contributed by atoms with Crippen molar-refractivity contribution in [3.05, 3.63) is 89.5 Å². The van der Waals surface area contributed by atoms with E-state index in [4.69, 9.17) is 0 Å². The summed E-state index contributed by atoms with van der Waals surface area (Å²) in [6, 6.07) is 22.6. The van der Waals surface area contributed by atoms with E-state index in [1.54, 1.807) is 18.2 Å². The maximum atomic E-state index is 12.7. The van der Waals surface area contributed by atoms with Crippen molar-refractivity contribution in [1.29, 1.82) is 0 Å². The predicted octanol–water partition coefficient (Wildman–Crippen LogP) is 4.85. The molecule has 3 aromatic carbocycles. The lowest BCUT2D eigenvalue weighted by atomic mass is 9.92. The standard InChI is InChI=1S/C21H18O2/c1-2-15-13-18(16-9-5-3-6-10-16)14-19(22)20(15)21(23)17-11-7-4-8-12-17/h3-14,22H,2H2,1H3. The van der Waals surface area contributed by atoms with Gasteiger partial charge in [-0.15, -0.1) is 0 Å². The second kappa shape index (κ2) is 6.49. The Morgan fingerprint density at radius 2 is 1.48 bits per heavy atom. The SMILES string of the molecule is CCc1cc(-c2ccccc2)cc(O)c1C(=O)c1ccccc1. The van der Waals surface area contributed by atoms with E-state index < -0.39 is 0 Å². The van der Waals surface area contributed by atoms with Crippen LogP contribution in [0.5, 0.6) is 5.75 Å². The van der Waals surface area contributed by atoms with Gasteiger partial charge in [0.25, 0.3) is 0 Å². The predicted molar refractivity (Wildman–Crippen MR) is 92.8 cm³/mol. The summed E-state index contributed by atoms with van der Waals surface area (Å²) in [6.45, 7) is 1.99. The molecule has 0 bridgehead atoms. The molecule has 0 spiro atoms. The van der Waals surface area contributed by atoms with E-state index in [0.29, 0.717) is 17.5 Å². The van der Waals surface area contributed by atoms with Gasteiger partial charge in [0.15, 0.2) is 5.78 Å². The number of carbonyl (C=O) groups is 1. The van der Waals surface area contributed by atoms with Gasteiger partial charge in [-0.1, -0.05) is 73.7 Å². The van der Waals surface area contributed by atoms with Crippen molar-refractivity contribution in [3.8, 4) is 16.9 Å². The average molecular weight is 302 g/mol. The molecule has 3 rings (SSSR count). The van der Waals surface area contributed by atoms with E-state index in [2.05, 4.69) is 0 Å². The number of carbonyl (C=O) groups excluding carboxylic acids is 1. The van der Waals surface area contributed by atoms with Gasteiger partial charge < -0.3 is 5.11 Å². The molecule has 0 unspecified atom stereocenters. The molecule has 0 aromatic heterocycles. The number of ketones is 1. The minimum Gasteiger partial charge on any atom is -0.507 e. The summed E-state index contributed by atoms with van der Waals surface area (Å²) in [6.07, 6.45) is 0.683. The summed E-state index contributed by atoms with van der Waals surface area (Å²) in [5.41, 5.74) is 3.79. The number of aryl methyl sites for hydroxylation is 1. The van der Waals surface area contributed by atoms with Crippen LogP contribution in [0, 0.1) is 0 Å². The molecule has 0 aliphatic rings. The monoisotopic (exact) mass is 302 g/mol. The zero-order chi connectivity index (χ0) is 16.2. The lowest BCUT2D eigenvalue weighted by Crippen LogP contribution is -2.06. The molecule has 0 amide bonds. The molecular weight excluding hydrogens is 284 g/mol. The highest BCUT2D eigenvalue weighted by molar-refractivity contribution is 6.12. The highest BCUT2D eigenvalue weighted by Gasteiger charge is 2.18. The molecule has 0 atom stereocenters. The summed E-state index contributed by atoms with van der Waals surface area (Å²) in [5, 5.41) is 10.5. The maximum Gasteiger partial charge on any atom is 0.197 e. The molecule has 0 saturated heterocycles. The number of rotatable bonds is 4. The van der Waals surface area contributed by atoms with Gasteiger partial charge in [0, 0.05) is 5.56 Å². The van der Waals surface area contributed by atoms with E-state index in [1.807, 2.05) is 61.5 Å². The third-order valence-electron chi connectivity index (χ3n) is 3.95. The van der Waals surface area contributed by atoms with Crippen LogP contribution in [0.3, 0.4) is 0 Å². The number of phenols is 1. The van der Waals surface area contributed by atoms with Gasteiger partial charge in [0.1, 0.15) is 5.75 Å². The molecule has 2 nitrogen and oxygen atoms in total. The Hall–Kier alpha value is -2.87. The van der Waals surface area contributed by atoms with Gasteiger partial charge in [0.2, 0.25) is 0 Å². The van der Waals surface area contributed by atoms with Crippen LogP contribution in [0.4, 0.5) is 0 Å². The zero-order valence-electron chi connectivity index (χ0n) is 13.0. The molecule has 0 radical (unpaired) electrons. The molecule has 0 aliphatic heterocycles. The van der Waals surface area contributed by atoms with E-state index in [-0.39, 0.29) is 11.5 Å². The van der Waals surface area contributed by atoms with Crippen molar-refractivity contribution in [2.75, 3.05) is 0 Å². The number of benzene rings is 3. The largest absolute Gasteiger partial charge is 0.507 e. The number of hydrogen-bond donors (Lipinski definition) is 1. The lowest BCUT2D eigenvalue weighted by Gasteiger charge is -2.13. The highest BCUT2D eigenvalue weighted by Crippen LogP contribution is 2.31. The second-order valence-electron chi connectivity index (χ2n) is 5.44. The van der Waals surface area contributed by atoms with Gasteiger partial charge in [0.05, 0.1) is 5.56 Å². The Balaban J connectivity index is 2.10. The summed E-state index contributed by atoms with van der Waals surface area (Å²) in [5.74, 6) is -0.100. The van der Waals surface area contributed by atoms with Crippen molar-refractivity contribution in [2.24, 2.45) is 0 Å². The Morgan fingerprint density at radius 1 is 0.870 bits per heavy atom. The Kier molecular flexibility index (Phi) is 4.24. The first-order chi connectivity index (χ1) is 11.2. The van der Waals surface area contributed by atoms with Crippen LogP contribution in [-0.2, 0) is 6.42 Å². The normalized spacial score (nSPS) is 10.5. The van der Waals surface area contributed by atoms with Crippen molar-refractivity contribution in [3.63, 3.8) is 0 Å². The van der Waals surface area contributed by atoms with Gasteiger partial charge in [-0.2, -0.15) is 0 Å². The molecule has 0 heterocycles. The molecule has 3 aromatic rings. The maximum absolute atomic E-state index is 12.7. The van der Waals surface area contributed by atoms with E-state index in [0.717, 1.165) is 16.7 Å². The number of phenolic OH excluding ortho intramolecular Hbond substituents is 1. The fraction of sp³-hybridized carbons (Fsp3) is 0.0952. The van der Waals surface area contributed by atoms with Crippen LogP contribution >= 0.6 is 0 Å². The molecular formula is C21H18O2. The minimum atomic E-state index is -0.139. The van der Waals surface area contributed by atoms with Crippen LogP contribution in [0.2, 0.25) is 0 Å². The zero-order valence-corrected chi connectivity index (χ0v) is 13.0. The topological polar surface area (TPSA) is 37.3 Å². The van der Waals surface area contributed by atoms with E-state index in [1.165, 1.54) is 0 Å². The van der Waals surface area contributed by atoms with Crippen molar-refractivity contribution < 1.29 is 9.90 Å². The Labute approximate surface area is 136 Å². The van der Waals surface area contributed by atoms with Gasteiger partial charge in [-0.3, -0.25) is 4.79 Å². The van der Waals surface area contributed by atoms with Crippen molar-refractivity contribution >= 4 is 5.78 Å². The summed E-state index contributed by atoms with van der Waals surface area (Å²) < 4.78 is 0. The van der Waals surface area contributed by atoms with Gasteiger partial charge in [-0.05, 0) is 29.2 Å². The smallest absolute Gasteiger partial charge is 0.197 e. The fourth-order valence-corrected chi connectivity index (χ4v) is 2.76. The third kappa shape index (κ3) is 3.02. The molecule has 23 heavy (non-hydrogen) atoms. The molecule has 0 saturated carbocycles. The molecule has 1 N–H and O–H groups in total. The average Bonchev–Trinajstić information content (AvgIpc) is 2.62. The van der Waals surface area contributed by atoms with Crippen LogP contribution in [0.25, 0.3) is 11.1 Å². The van der Waals surface area contributed by atoms with Crippen molar-refractivity contribution in [2.45, 2.75) is 13.3 Å². The summed E-state index contributed by atoms with van der Waals surface area (Å²) in [4.78, 5) is 12.7. The number of aromatic hydroxyl groups is 1. The first-order valence-corrected chi connectivity index (χ1v) is 7.71. The molecule has 2 heteroatoms. The lowest BCUT2D eigenvalue weighted by molar-refractivity contribution is 0.103. The van der Waals surface area contributed by atoms with Crippen LogP contribution in [-0.4, -0.2) is 10.9 Å². The molecule has 0 aliphatic carbocycles. The van der Waals surface area contributed by atoms with Crippen LogP contribution < -0.4 is 0 Å². The number of hydrogen-bond acceptors (Lipinski definition) is 2. The molecule has 114 valence electrons. The quantitative estimate of drug-likeness (QED) is 0.699. The Bertz CT molecular complexity index is 821. The van der Waals surface area contributed by atoms with Gasteiger partial charge in [-0.25, -0.2) is 0 Å². The second-order valence-corrected chi connectivity index (χ2v) is 5.44. The fourth-order valence-electron chi connectivity index (χ4n) is 2.76. The first kappa shape index (κ1) is 15.0. The Morgan fingerprint density at radius 3 is 2.09 bits per heavy atom. The van der Waals surface area contributed by atoms with Crippen LogP contribution in [0.15, 0.2) is 72.8 Å². The molecule has 0 fully saturated rings. The minimum absolute atomic E-state index is 0.0389. The van der Waals surface area contributed by atoms with E-state index >= 15 is 0 Å². The highest BCUT2D eigenvalue weighted by atomic mass is 16.3. The summed E-state index contributed by atoms with van der Waals surface area (Å²) >= 11 is 0. The van der Waals surface area contributed by atoms with Gasteiger partial charge >= 0.3 is 0 Å². The van der Waals surface area contributed by atoms with Crippen molar-refractivity contribution in [1.82, 2.24) is 0 Å². The van der Waals surface area contributed by atoms with E-state index in [9.17, 15) is 9.90 Å². The third-order valence-corrected chi connectivity index (χ3v) is 3.95. The summed E-state index contributed by atoms with van der Waals surface area (Å²) in [7, 11) is 0. The first-order valence-electron chi connectivity index (χ1n) is 7.71.